The van der Waals surface area contributed by atoms with E-state index >= 15 is 0 Å². The van der Waals surface area contributed by atoms with Gasteiger partial charge in [-0.05, 0) is 24.5 Å². The zero-order chi connectivity index (χ0) is 18.8. The van der Waals surface area contributed by atoms with Gasteiger partial charge < -0.3 is 10.0 Å². The van der Waals surface area contributed by atoms with Crippen LogP contribution in [-0.4, -0.2) is 39.6 Å². The van der Waals surface area contributed by atoms with E-state index in [2.05, 4.69) is 4.72 Å². The molecule has 25 heavy (non-hydrogen) atoms. The number of sulfonamides is 1. The van der Waals surface area contributed by atoms with E-state index in [1.165, 1.54) is 6.07 Å². The van der Waals surface area contributed by atoms with Crippen molar-refractivity contribution in [1.29, 1.82) is 0 Å². The molecular formula is C18H24N2O4S. The number of rotatable bonds is 7. The first kappa shape index (κ1) is 19.2. The Bertz CT molecular complexity index is 876. The standard InChI is InChI=1S/C18H24N2O4S/c1-12(2)11-15(18(21)22)19-25(23,24)17-10-6-7-13-14(17)8-5-9-16(13)20(3)4/h5-10,12,15,19H,11H2,1-4H3,(H,21,22)/t15-/m1/s1. The van der Waals surface area contributed by atoms with Crippen molar-refractivity contribution in [2.75, 3.05) is 19.0 Å². The second-order valence-electron chi connectivity index (χ2n) is 6.66. The molecule has 0 spiro atoms. The molecule has 0 radical (unpaired) electrons. The Morgan fingerprint density at radius 1 is 1.12 bits per heavy atom. The molecule has 0 aromatic heterocycles. The van der Waals surface area contributed by atoms with E-state index in [0.29, 0.717) is 5.39 Å². The summed E-state index contributed by atoms with van der Waals surface area (Å²) in [7, 11) is -0.196. The van der Waals surface area contributed by atoms with Crippen molar-refractivity contribution in [3.63, 3.8) is 0 Å². The van der Waals surface area contributed by atoms with E-state index in [-0.39, 0.29) is 17.2 Å². The average molecular weight is 364 g/mol. The molecule has 2 rings (SSSR count). The summed E-state index contributed by atoms with van der Waals surface area (Å²) in [6.07, 6.45) is 0.224. The molecule has 6 nitrogen and oxygen atoms in total. The molecule has 2 aromatic carbocycles. The zero-order valence-electron chi connectivity index (χ0n) is 14.9. The number of carboxylic acids is 1. The normalized spacial score (nSPS) is 13.2. The first-order valence-corrected chi connectivity index (χ1v) is 9.56. The second-order valence-corrected chi connectivity index (χ2v) is 8.35. The van der Waals surface area contributed by atoms with Crippen LogP contribution < -0.4 is 9.62 Å². The highest BCUT2D eigenvalue weighted by Crippen LogP contribution is 2.30. The molecule has 0 aliphatic rings. The Kier molecular flexibility index (Phi) is 5.69. The number of aliphatic carboxylic acids is 1. The van der Waals surface area contributed by atoms with E-state index in [4.69, 9.17) is 0 Å². The third-order valence-corrected chi connectivity index (χ3v) is 5.46. The van der Waals surface area contributed by atoms with Crippen molar-refractivity contribution in [1.82, 2.24) is 4.72 Å². The summed E-state index contributed by atoms with van der Waals surface area (Å²) in [4.78, 5) is 13.4. The number of nitrogens with one attached hydrogen (secondary N) is 1. The first-order chi connectivity index (χ1) is 11.6. The van der Waals surface area contributed by atoms with Crippen LogP contribution in [0.15, 0.2) is 41.3 Å². The van der Waals surface area contributed by atoms with Crippen LogP contribution in [0, 0.1) is 5.92 Å². The van der Waals surface area contributed by atoms with Crippen molar-refractivity contribution in [3.05, 3.63) is 36.4 Å². The third kappa shape index (κ3) is 4.29. The molecule has 0 aliphatic heterocycles. The van der Waals surface area contributed by atoms with Crippen molar-refractivity contribution < 1.29 is 18.3 Å². The third-order valence-electron chi connectivity index (χ3n) is 3.93. The fourth-order valence-electron chi connectivity index (χ4n) is 2.81. The number of fused-ring (bicyclic) bond motifs is 1. The lowest BCUT2D eigenvalue weighted by Crippen LogP contribution is -2.41. The molecule has 0 saturated carbocycles. The molecule has 2 aromatic rings. The SMILES string of the molecule is CC(C)C[C@@H](NS(=O)(=O)c1cccc2c(N(C)C)cccc12)C(=O)O. The zero-order valence-corrected chi connectivity index (χ0v) is 15.7. The second kappa shape index (κ2) is 7.41. The van der Waals surface area contributed by atoms with Crippen LogP contribution in [-0.2, 0) is 14.8 Å². The maximum Gasteiger partial charge on any atom is 0.321 e. The maximum absolute atomic E-state index is 12.8. The largest absolute Gasteiger partial charge is 0.480 e. The summed E-state index contributed by atoms with van der Waals surface area (Å²) in [5.74, 6) is -1.12. The first-order valence-electron chi connectivity index (χ1n) is 8.07. The van der Waals surface area contributed by atoms with Crippen LogP contribution >= 0.6 is 0 Å². The number of hydrogen-bond donors (Lipinski definition) is 2. The Morgan fingerprint density at radius 3 is 2.28 bits per heavy atom. The smallest absolute Gasteiger partial charge is 0.321 e. The van der Waals surface area contributed by atoms with Crippen LogP contribution in [0.4, 0.5) is 5.69 Å². The minimum Gasteiger partial charge on any atom is -0.480 e. The molecule has 2 N–H and O–H groups in total. The van der Waals surface area contributed by atoms with Crippen LogP contribution in [0.3, 0.4) is 0 Å². The number of benzene rings is 2. The minimum atomic E-state index is -3.97. The van der Waals surface area contributed by atoms with Gasteiger partial charge in [-0.15, -0.1) is 0 Å². The summed E-state index contributed by atoms with van der Waals surface area (Å²) >= 11 is 0. The highest BCUT2D eigenvalue weighted by atomic mass is 32.2. The summed E-state index contributed by atoms with van der Waals surface area (Å²) in [6, 6.07) is 9.30. The van der Waals surface area contributed by atoms with E-state index in [1.54, 1.807) is 18.2 Å². The number of carbonyl (C=O) groups is 1. The summed E-state index contributed by atoms with van der Waals surface area (Å²) in [5.41, 5.74) is 0.895. The van der Waals surface area contributed by atoms with Gasteiger partial charge in [-0.25, -0.2) is 8.42 Å². The summed E-state index contributed by atoms with van der Waals surface area (Å²) in [5, 5.41) is 10.7. The number of anilines is 1. The van der Waals surface area contributed by atoms with Crippen molar-refractivity contribution in [2.24, 2.45) is 5.92 Å². The van der Waals surface area contributed by atoms with Gasteiger partial charge in [0.1, 0.15) is 6.04 Å². The van der Waals surface area contributed by atoms with Crippen molar-refractivity contribution in [3.8, 4) is 0 Å². The molecule has 1 atom stereocenters. The minimum absolute atomic E-state index is 0.0525. The number of nitrogens with zero attached hydrogens (tertiary/aromatic N) is 1. The Labute approximate surface area is 148 Å². The number of carboxylic acid groups (broad SMARTS) is 1. The lowest BCUT2D eigenvalue weighted by atomic mass is 10.1. The van der Waals surface area contributed by atoms with E-state index in [1.807, 2.05) is 45.0 Å². The predicted molar refractivity (Wildman–Crippen MR) is 99.5 cm³/mol. The van der Waals surface area contributed by atoms with Crippen LogP contribution in [0.1, 0.15) is 20.3 Å². The van der Waals surface area contributed by atoms with Gasteiger partial charge in [-0.3, -0.25) is 4.79 Å². The fourth-order valence-corrected chi connectivity index (χ4v) is 4.23. The molecule has 0 bridgehead atoms. The van der Waals surface area contributed by atoms with Crippen molar-refractivity contribution in [2.45, 2.75) is 31.2 Å². The van der Waals surface area contributed by atoms with Crippen LogP contribution in [0.2, 0.25) is 0 Å². The van der Waals surface area contributed by atoms with Gasteiger partial charge in [0.25, 0.3) is 0 Å². The molecule has 7 heteroatoms. The molecule has 0 unspecified atom stereocenters. The molecule has 0 heterocycles. The number of hydrogen-bond acceptors (Lipinski definition) is 4. The van der Waals surface area contributed by atoms with Gasteiger partial charge in [0.05, 0.1) is 4.90 Å². The maximum atomic E-state index is 12.8. The highest BCUT2D eigenvalue weighted by Gasteiger charge is 2.27. The van der Waals surface area contributed by atoms with Crippen LogP contribution in [0.5, 0.6) is 0 Å². The summed E-state index contributed by atoms with van der Waals surface area (Å²) in [6.45, 7) is 3.71. The predicted octanol–water partition coefficient (Wildman–Crippen LogP) is 2.68. The van der Waals surface area contributed by atoms with Gasteiger partial charge in [0, 0.05) is 30.6 Å². The van der Waals surface area contributed by atoms with Crippen molar-refractivity contribution >= 4 is 32.5 Å². The van der Waals surface area contributed by atoms with Gasteiger partial charge in [-0.2, -0.15) is 4.72 Å². The lowest BCUT2D eigenvalue weighted by molar-refractivity contribution is -0.139. The van der Waals surface area contributed by atoms with Gasteiger partial charge in [-0.1, -0.05) is 38.1 Å². The van der Waals surface area contributed by atoms with Gasteiger partial charge in [0.2, 0.25) is 10.0 Å². The quantitative estimate of drug-likeness (QED) is 0.789. The average Bonchev–Trinajstić information content (AvgIpc) is 2.52. The van der Waals surface area contributed by atoms with E-state index < -0.39 is 22.0 Å². The van der Waals surface area contributed by atoms with Crippen LogP contribution in [0.25, 0.3) is 10.8 Å². The highest BCUT2D eigenvalue weighted by molar-refractivity contribution is 7.89. The monoisotopic (exact) mass is 364 g/mol. The fraction of sp³-hybridized carbons (Fsp3) is 0.389. The van der Waals surface area contributed by atoms with E-state index in [0.717, 1.165) is 11.1 Å². The lowest BCUT2D eigenvalue weighted by Gasteiger charge is -2.19. The Balaban J connectivity index is 2.53. The molecule has 0 amide bonds. The van der Waals surface area contributed by atoms with Gasteiger partial charge >= 0.3 is 5.97 Å². The van der Waals surface area contributed by atoms with Gasteiger partial charge in [0.15, 0.2) is 0 Å². The molecular weight excluding hydrogens is 340 g/mol. The molecule has 0 aliphatic carbocycles. The Morgan fingerprint density at radius 2 is 1.72 bits per heavy atom. The van der Waals surface area contributed by atoms with E-state index in [9.17, 15) is 18.3 Å². The topological polar surface area (TPSA) is 86.7 Å². The molecule has 0 saturated heterocycles. The molecule has 136 valence electrons. The molecule has 0 fully saturated rings. The summed E-state index contributed by atoms with van der Waals surface area (Å²) < 4.78 is 28.0. The Hall–Kier alpha value is -2.12.